The Morgan fingerprint density at radius 1 is 1.62 bits per heavy atom. The van der Waals surface area contributed by atoms with Crippen LogP contribution in [0.3, 0.4) is 0 Å². The van der Waals surface area contributed by atoms with Crippen molar-refractivity contribution in [3.05, 3.63) is 22.8 Å². The maximum Gasteiger partial charge on any atom is 0.337 e. The fourth-order valence-electron chi connectivity index (χ4n) is 1.71. The van der Waals surface area contributed by atoms with Crippen LogP contribution in [0.25, 0.3) is 0 Å². The Morgan fingerprint density at radius 2 is 2.38 bits per heavy atom. The van der Waals surface area contributed by atoms with Crippen molar-refractivity contribution in [1.29, 1.82) is 0 Å². The first kappa shape index (κ1) is 11.2. The van der Waals surface area contributed by atoms with Crippen molar-refractivity contribution >= 4 is 23.4 Å². The summed E-state index contributed by atoms with van der Waals surface area (Å²) in [7, 11) is 0. The topological polar surface area (TPSA) is 73.7 Å². The number of hydrogen-bond donors (Lipinski definition) is 2. The summed E-state index contributed by atoms with van der Waals surface area (Å²) in [6.07, 6.45) is 1.63. The summed E-state index contributed by atoms with van der Waals surface area (Å²) >= 11 is 5.72. The quantitative estimate of drug-likeness (QED) is 0.810. The van der Waals surface area contributed by atoms with Crippen LogP contribution in [0.15, 0.2) is 12.3 Å². The van der Waals surface area contributed by atoms with E-state index in [1.807, 2.05) is 4.90 Å². The van der Waals surface area contributed by atoms with Gasteiger partial charge in [0, 0.05) is 19.3 Å². The minimum Gasteiger partial charge on any atom is -0.478 e. The Labute approximate surface area is 97.3 Å². The molecule has 0 radical (unpaired) electrons. The third kappa shape index (κ3) is 2.10. The highest BCUT2D eigenvalue weighted by molar-refractivity contribution is 6.33. The third-order valence-electron chi connectivity index (χ3n) is 2.56. The molecule has 2 heterocycles. The van der Waals surface area contributed by atoms with E-state index in [1.54, 1.807) is 0 Å². The van der Waals surface area contributed by atoms with Gasteiger partial charge in [0.25, 0.3) is 0 Å². The molecule has 0 bridgehead atoms. The van der Waals surface area contributed by atoms with Gasteiger partial charge in [0.05, 0.1) is 16.7 Å². The molecule has 1 saturated heterocycles. The molecule has 0 aliphatic carbocycles. The van der Waals surface area contributed by atoms with E-state index in [4.69, 9.17) is 16.7 Å². The molecule has 86 valence electrons. The Hall–Kier alpha value is -1.33. The molecular formula is C10H11ClN2O3. The highest BCUT2D eigenvalue weighted by Crippen LogP contribution is 2.23. The van der Waals surface area contributed by atoms with Crippen LogP contribution in [0, 0.1) is 0 Å². The number of carboxylic acid groups (broad SMARTS) is 1. The summed E-state index contributed by atoms with van der Waals surface area (Å²) in [5.41, 5.74) is 0.0352. The minimum atomic E-state index is -1.08. The molecule has 0 amide bonds. The van der Waals surface area contributed by atoms with Gasteiger partial charge in [-0.1, -0.05) is 11.6 Å². The van der Waals surface area contributed by atoms with Crippen LogP contribution in [0.1, 0.15) is 16.8 Å². The molecule has 6 heteroatoms. The number of pyridine rings is 1. The third-order valence-corrected chi connectivity index (χ3v) is 2.86. The molecule has 1 aromatic heterocycles. The number of aliphatic hydroxyl groups is 1. The minimum absolute atomic E-state index is 0.0352. The standard InChI is InChI=1S/C10H11ClN2O3/c11-8-4-12-9(3-7(8)10(15)16)13-2-1-6(14)5-13/h3-4,6,14H,1-2,5H2,(H,15,16). The van der Waals surface area contributed by atoms with Gasteiger partial charge in [-0.05, 0) is 12.5 Å². The Kier molecular flexibility index (Phi) is 2.98. The Balaban J connectivity index is 2.29. The molecule has 0 aromatic carbocycles. The van der Waals surface area contributed by atoms with Gasteiger partial charge in [0.15, 0.2) is 0 Å². The van der Waals surface area contributed by atoms with Crippen molar-refractivity contribution in [3.63, 3.8) is 0 Å². The number of aromatic carboxylic acids is 1. The first-order valence-corrected chi connectivity index (χ1v) is 5.27. The molecule has 0 spiro atoms. The number of rotatable bonds is 2. The van der Waals surface area contributed by atoms with Crippen molar-refractivity contribution in [1.82, 2.24) is 4.98 Å². The first-order chi connectivity index (χ1) is 7.58. The van der Waals surface area contributed by atoms with E-state index in [1.165, 1.54) is 12.3 Å². The van der Waals surface area contributed by atoms with Crippen LogP contribution in [0.2, 0.25) is 5.02 Å². The number of carbonyl (C=O) groups is 1. The number of hydrogen-bond acceptors (Lipinski definition) is 4. The average Bonchev–Trinajstić information content (AvgIpc) is 2.65. The SMILES string of the molecule is O=C(O)c1cc(N2CCC(O)C2)ncc1Cl. The van der Waals surface area contributed by atoms with Gasteiger partial charge in [0.1, 0.15) is 5.82 Å². The number of aromatic nitrogens is 1. The maximum absolute atomic E-state index is 10.9. The highest BCUT2D eigenvalue weighted by atomic mass is 35.5. The van der Waals surface area contributed by atoms with E-state index in [9.17, 15) is 9.90 Å². The van der Waals surface area contributed by atoms with Crippen molar-refractivity contribution in [2.24, 2.45) is 0 Å². The maximum atomic E-state index is 10.9. The summed E-state index contributed by atoms with van der Waals surface area (Å²) in [4.78, 5) is 16.8. The number of aliphatic hydroxyl groups excluding tert-OH is 1. The second kappa shape index (κ2) is 4.27. The summed E-state index contributed by atoms with van der Waals surface area (Å²) in [5, 5.41) is 18.4. The zero-order valence-corrected chi connectivity index (χ0v) is 9.18. The molecule has 16 heavy (non-hydrogen) atoms. The molecular weight excluding hydrogens is 232 g/mol. The summed E-state index contributed by atoms with van der Waals surface area (Å²) in [5.74, 6) is -0.535. The lowest BCUT2D eigenvalue weighted by Crippen LogP contribution is -2.22. The van der Waals surface area contributed by atoms with Crippen LogP contribution < -0.4 is 4.90 Å². The monoisotopic (exact) mass is 242 g/mol. The predicted octanol–water partition coefficient (Wildman–Crippen LogP) is 1.00. The van der Waals surface area contributed by atoms with Crippen molar-refractivity contribution < 1.29 is 15.0 Å². The highest BCUT2D eigenvalue weighted by Gasteiger charge is 2.22. The van der Waals surface area contributed by atoms with Crippen LogP contribution in [-0.4, -0.2) is 40.4 Å². The molecule has 0 saturated carbocycles. The van der Waals surface area contributed by atoms with E-state index in [0.29, 0.717) is 25.3 Å². The zero-order valence-electron chi connectivity index (χ0n) is 8.43. The van der Waals surface area contributed by atoms with Crippen LogP contribution in [0.5, 0.6) is 0 Å². The van der Waals surface area contributed by atoms with Gasteiger partial charge in [-0.2, -0.15) is 0 Å². The van der Waals surface area contributed by atoms with E-state index in [-0.39, 0.29) is 16.7 Å². The number of carboxylic acids is 1. The van der Waals surface area contributed by atoms with Gasteiger partial charge >= 0.3 is 5.97 Å². The molecule has 2 rings (SSSR count). The first-order valence-electron chi connectivity index (χ1n) is 4.90. The molecule has 1 unspecified atom stereocenters. The number of β-amino-alcohol motifs (C(OH)–C–C–N with tert-alkyl or cyclic N) is 1. The second-order valence-corrected chi connectivity index (χ2v) is 4.12. The number of nitrogens with zero attached hydrogens (tertiary/aromatic N) is 2. The van der Waals surface area contributed by atoms with Gasteiger partial charge < -0.3 is 15.1 Å². The fourth-order valence-corrected chi connectivity index (χ4v) is 1.90. The number of halogens is 1. The van der Waals surface area contributed by atoms with Gasteiger partial charge in [0.2, 0.25) is 0 Å². The lowest BCUT2D eigenvalue weighted by Gasteiger charge is -2.16. The van der Waals surface area contributed by atoms with E-state index < -0.39 is 5.97 Å². The summed E-state index contributed by atoms with van der Waals surface area (Å²) in [6.45, 7) is 1.16. The average molecular weight is 243 g/mol. The van der Waals surface area contributed by atoms with E-state index >= 15 is 0 Å². The summed E-state index contributed by atoms with van der Waals surface area (Å²) < 4.78 is 0. The van der Waals surface area contributed by atoms with Crippen molar-refractivity contribution in [2.45, 2.75) is 12.5 Å². The van der Waals surface area contributed by atoms with Gasteiger partial charge in [-0.25, -0.2) is 9.78 Å². The number of anilines is 1. The second-order valence-electron chi connectivity index (χ2n) is 3.72. The van der Waals surface area contributed by atoms with Crippen molar-refractivity contribution in [2.75, 3.05) is 18.0 Å². The van der Waals surface area contributed by atoms with Gasteiger partial charge in [-0.3, -0.25) is 0 Å². The molecule has 1 atom stereocenters. The summed E-state index contributed by atoms with van der Waals surface area (Å²) in [6, 6.07) is 1.43. The molecule has 5 nitrogen and oxygen atoms in total. The molecule has 1 aliphatic rings. The predicted molar refractivity (Wildman–Crippen MR) is 59.0 cm³/mol. The van der Waals surface area contributed by atoms with Crippen LogP contribution >= 0.6 is 11.6 Å². The lowest BCUT2D eigenvalue weighted by atomic mass is 10.2. The Bertz CT molecular complexity index is 425. The largest absolute Gasteiger partial charge is 0.478 e. The Morgan fingerprint density at radius 3 is 2.94 bits per heavy atom. The van der Waals surface area contributed by atoms with Crippen LogP contribution in [0.4, 0.5) is 5.82 Å². The smallest absolute Gasteiger partial charge is 0.337 e. The van der Waals surface area contributed by atoms with E-state index in [2.05, 4.69) is 4.98 Å². The van der Waals surface area contributed by atoms with Crippen LogP contribution in [-0.2, 0) is 0 Å². The normalized spacial score (nSPS) is 20.1. The van der Waals surface area contributed by atoms with Crippen molar-refractivity contribution in [3.8, 4) is 0 Å². The fraction of sp³-hybridized carbons (Fsp3) is 0.400. The molecule has 2 N–H and O–H groups in total. The molecule has 1 aliphatic heterocycles. The molecule has 1 aromatic rings. The molecule has 1 fully saturated rings. The lowest BCUT2D eigenvalue weighted by molar-refractivity contribution is 0.0697. The van der Waals surface area contributed by atoms with Gasteiger partial charge in [-0.15, -0.1) is 0 Å². The zero-order chi connectivity index (χ0) is 11.7. The van der Waals surface area contributed by atoms with E-state index in [0.717, 1.165) is 0 Å².